The smallest absolute Gasteiger partial charge is 0.338 e. The topological polar surface area (TPSA) is 100 Å². The van der Waals surface area contributed by atoms with Crippen LogP contribution in [0.15, 0.2) is 56.4 Å². The van der Waals surface area contributed by atoms with Crippen LogP contribution in [0.4, 0.5) is 4.39 Å². The molecule has 5 atom stereocenters. The van der Waals surface area contributed by atoms with Gasteiger partial charge in [-0.3, -0.25) is 14.7 Å². The number of ether oxygens (including phenoxy) is 2. The van der Waals surface area contributed by atoms with E-state index in [-0.39, 0.29) is 47.5 Å². The maximum Gasteiger partial charge on any atom is 0.338 e. The number of hydrogen-bond acceptors (Lipinski definition) is 8. The first-order valence-electron chi connectivity index (χ1n) is 13.5. The van der Waals surface area contributed by atoms with Crippen LogP contribution in [0.25, 0.3) is 0 Å². The van der Waals surface area contributed by atoms with Crippen LogP contribution in [0.1, 0.15) is 45.2 Å². The number of nitrogens with zero attached hydrogens (tertiary/aromatic N) is 2. The molecule has 40 heavy (non-hydrogen) atoms. The first-order chi connectivity index (χ1) is 19.2. The summed E-state index contributed by atoms with van der Waals surface area (Å²) < 4.78 is 26.0. The van der Waals surface area contributed by atoms with Gasteiger partial charge in [-0.05, 0) is 49.2 Å². The quantitative estimate of drug-likeness (QED) is 0.405. The van der Waals surface area contributed by atoms with Crippen molar-refractivity contribution in [1.29, 1.82) is 0 Å². The summed E-state index contributed by atoms with van der Waals surface area (Å²) in [5.74, 6) is -1.28. The van der Waals surface area contributed by atoms with Crippen molar-refractivity contribution in [3.63, 3.8) is 0 Å². The van der Waals surface area contributed by atoms with Crippen molar-refractivity contribution in [2.45, 2.75) is 51.7 Å². The largest absolute Gasteiger partial charge is 0.481 e. The molecule has 4 heterocycles. The molecule has 2 fully saturated rings. The minimum absolute atomic E-state index is 0.00679. The average Bonchev–Trinajstić information content (AvgIpc) is 3.08. The molecule has 0 radical (unpaired) electrons. The molecule has 0 aliphatic carbocycles. The van der Waals surface area contributed by atoms with Crippen LogP contribution in [0, 0.1) is 17.7 Å². The first-order valence-corrected chi connectivity index (χ1v) is 14.7. The van der Waals surface area contributed by atoms with E-state index in [2.05, 4.69) is 23.2 Å². The lowest BCUT2D eigenvalue weighted by Gasteiger charge is -2.38. The lowest BCUT2D eigenvalue weighted by molar-refractivity contribution is -0.139. The van der Waals surface area contributed by atoms with Crippen molar-refractivity contribution in [2.75, 3.05) is 26.4 Å². The number of allylic oxidation sites excluding steroid dienone is 2. The van der Waals surface area contributed by atoms with Crippen LogP contribution in [-0.2, 0) is 19.1 Å². The molecular weight excluding hydrogens is 557 g/mol. The molecule has 5 unspecified atom stereocenters. The fraction of sp³-hybridized carbons (Fsp3) is 0.483. The van der Waals surface area contributed by atoms with Crippen LogP contribution in [0.3, 0.4) is 0 Å². The predicted octanol–water partition coefficient (Wildman–Crippen LogP) is 5.07. The van der Waals surface area contributed by atoms with Crippen molar-refractivity contribution in [3.05, 3.63) is 67.8 Å². The summed E-state index contributed by atoms with van der Waals surface area (Å²) in [5, 5.41) is 14.9. The van der Waals surface area contributed by atoms with Crippen LogP contribution in [-0.4, -0.2) is 66.2 Å². The zero-order chi connectivity index (χ0) is 28.6. The fourth-order valence-electron chi connectivity index (χ4n) is 5.93. The number of morpholine rings is 1. The van der Waals surface area contributed by atoms with Gasteiger partial charge in [0.25, 0.3) is 0 Å². The molecule has 8 nitrogen and oxygen atoms in total. The Balaban J connectivity index is 1.62. The Bertz CT molecular complexity index is 1330. The van der Waals surface area contributed by atoms with Crippen molar-refractivity contribution in [3.8, 4) is 0 Å². The predicted molar refractivity (Wildman–Crippen MR) is 152 cm³/mol. The molecule has 214 valence electrons. The Hall–Kier alpha value is -2.66. The monoisotopic (exact) mass is 589 g/mol. The molecule has 0 spiro atoms. The highest BCUT2D eigenvalue weighted by Crippen LogP contribution is 2.42. The van der Waals surface area contributed by atoms with Crippen LogP contribution in [0.5, 0.6) is 0 Å². The number of aliphatic carboxylic acids is 1. The van der Waals surface area contributed by atoms with Crippen molar-refractivity contribution < 1.29 is 28.6 Å². The Labute approximate surface area is 242 Å². The SMILES string of the molecule is CCOC(=O)C1=C(CN2C3COCC2C(CC(=O)O)C3)NC(C2=C(C)C(C)C=CS2)=NC1c1cccc(F)c1Cl. The number of hydrogen-bond donors (Lipinski definition) is 2. The third kappa shape index (κ3) is 5.59. The Morgan fingerprint density at radius 1 is 1.35 bits per heavy atom. The summed E-state index contributed by atoms with van der Waals surface area (Å²) in [5.41, 5.74) is 2.35. The Morgan fingerprint density at radius 2 is 2.15 bits per heavy atom. The van der Waals surface area contributed by atoms with Crippen LogP contribution in [0.2, 0.25) is 5.02 Å². The van der Waals surface area contributed by atoms with Gasteiger partial charge in [-0.2, -0.15) is 0 Å². The zero-order valence-corrected chi connectivity index (χ0v) is 24.2. The molecule has 1 aromatic carbocycles. The molecule has 1 aromatic rings. The van der Waals surface area contributed by atoms with E-state index in [0.717, 1.165) is 10.5 Å². The van der Waals surface area contributed by atoms with Gasteiger partial charge in [0, 0.05) is 36.3 Å². The molecule has 0 saturated carbocycles. The summed E-state index contributed by atoms with van der Waals surface area (Å²) >= 11 is 8.01. The van der Waals surface area contributed by atoms with Gasteiger partial charge in [-0.15, -0.1) is 0 Å². The third-order valence-electron chi connectivity index (χ3n) is 8.10. The molecule has 0 amide bonds. The number of esters is 1. The van der Waals surface area contributed by atoms with Gasteiger partial charge in [-0.25, -0.2) is 9.18 Å². The molecule has 5 rings (SSSR count). The summed E-state index contributed by atoms with van der Waals surface area (Å²) in [6.07, 6.45) is 2.86. The highest BCUT2D eigenvalue weighted by molar-refractivity contribution is 8.06. The van der Waals surface area contributed by atoms with Gasteiger partial charge in [-0.1, -0.05) is 48.5 Å². The minimum atomic E-state index is -0.899. The van der Waals surface area contributed by atoms with Gasteiger partial charge < -0.3 is 19.9 Å². The number of aliphatic imine (C=N–C) groups is 1. The van der Waals surface area contributed by atoms with E-state index in [1.807, 2.05) is 12.3 Å². The van der Waals surface area contributed by atoms with Crippen molar-refractivity contribution in [2.24, 2.45) is 16.8 Å². The summed E-state index contributed by atoms with van der Waals surface area (Å²) in [7, 11) is 0. The molecule has 0 aromatic heterocycles. The summed E-state index contributed by atoms with van der Waals surface area (Å²) in [6, 6.07) is 3.50. The number of fused-ring (bicyclic) bond motifs is 2. The number of halogens is 2. The van der Waals surface area contributed by atoms with E-state index in [0.29, 0.717) is 43.3 Å². The maximum absolute atomic E-state index is 14.7. The Morgan fingerprint density at radius 3 is 2.90 bits per heavy atom. The van der Waals surface area contributed by atoms with Gasteiger partial charge in [0.2, 0.25) is 0 Å². The van der Waals surface area contributed by atoms with E-state index >= 15 is 0 Å². The molecule has 4 aliphatic heterocycles. The molecule has 2 N–H and O–H groups in total. The fourth-order valence-corrected chi connectivity index (χ4v) is 7.20. The number of carboxylic acids is 1. The van der Waals surface area contributed by atoms with Gasteiger partial charge in [0.15, 0.2) is 0 Å². The van der Waals surface area contributed by atoms with Gasteiger partial charge >= 0.3 is 11.9 Å². The standard InChI is InChI=1S/C29H33ClFN3O5S/c1-4-39-29(37)24-21(12-34-18-10-17(11-23(35)36)22(34)14-38-13-18)32-28(27-16(3)15(2)8-9-40-27)33-26(24)19-6-5-7-20(31)25(19)30/h5-9,15,17-18,22,26H,4,10-14H2,1-3H3,(H,32,33)(H,35,36). The number of amidine groups is 1. The van der Waals surface area contributed by atoms with Crippen LogP contribution >= 0.6 is 23.4 Å². The van der Waals surface area contributed by atoms with E-state index in [9.17, 15) is 19.1 Å². The zero-order valence-electron chi connectivity index (χ0n) is 22.7. The lowest BCUT2D eigenvalue weighted by atomic mass is 9.94. The minimum Gasteiger partial charge on any atom is -0.481 e. The first kappa shape index (κ1) is 28.9. The second-order valence-electron chi connectivity index (χ2n) is 10.5. The molecule has 11 heteroatoms. The van der Waals surface area contributed by atoms with E-state index in [1.54, 1.807) is 19.1 Å². The second-order valence-corrected chi connectivity index (χ2v) is 11.8. The molecule has 4 aliphatic rings. The number of thioether (sulfide) groups is 1. The molecular formula is C29H33ClFN3O5S. The number of carboxylic acid groups (broad SMARTS) is 1. The van der Waals surface area contributed by atoms with E-state index in [4.69, 9.17) is 26.1 Å². The van der Waals surface area contributed by atoms with E-state index < -0.39 is 23.8 Å². The number of rotatable bonds is 8. The van der Waals surface area contributed by atoms with E-state index in [1.165, 1.54) is 17.8 Å². The van der Waals surface area contributed by atoms with Gasteiger partial charge in [0.05, 0.1) is 35.3 Å². The highest BCUT2D eigenvalue weighted by Gasteiger charge is 2.46. The molecule has 2 saturated heterocycles. The molecule has 2 bridgehead atoms. The average molecular weight is 590 g/mol. The third-order valence-corrected chi connectivity index (χ3v) is 9.54. The van der Waals surface area contributed by atoms with Gasteiger partial charge in [0.1, 0.15) is 17.7 Å². The number of carbonyl (C=O) groups is 2. The summed E-state index contributed by atoms with van der Waals surface area (Å²) in [4.78, 5) is 33.2. The second kappa shape index (κ2) is 12.1. The maximum atomic E-state index is 14.7. The summed E-state index contributed by atoms with van der Waals surface area (Å²) in [6.45, 7) is 7.26. The normalized spacial score (nSPS) is 28.4. The highest BCUT2D eigenvalue weighted by atomic mass is 35.5. The number of benzene rings is 1. The number of carbonyl (C=O) groups excluding carboxylic acids is 1. The number of nitrogens with one attached hydrogen (secondary N) is 1. The van der Waals surface area contributed by atoms with Crippen LogP contribution < -0.4 is 5.32 Å². The van der Waals surface area contributed by atoms with Crippen molar-refractivity contribution >= 4 is 41.1 Å². The Kier molecular flexibility index (Phi) is 8.70. The lowest BCUT2D eigenvalue weighted by Crippen LogP contribution is -2.50. The van der Waals surface area contributed by atoms with Crippen molar-refractivity contribution in [1.82, 2.24) is 10.2 Å².